The molecule has 2 rings (SSSR count). The maximum atomic E-state index is 11.6. The maximum Gasteiger partial charge on any atom is 0.222 e. The highest BCUT2D eigenvalue weighted by Gasteiger charge is 2.28. The highest BCUT2D eigenvalue weighted by Crippen LogP contribution is 2.25. The van der Waals surface area contributed by atoms with Gasteiger partial charge in [0.2, 0.25) is 5.91 Å². The van der Waals surface area contributed by atoms with Gasteiger partial charge in [-0.15, -0.1) is 0 Å². The minimum Gasteiger partial charge on any atom is -0.340 e. The standard InChI is InChI=1S/C10H17NO/c12-10-7-3-1-2-5-9-6-4-8-11(9)10/h9H,1-8H2/t9-/m0/s1. The summed E-state index contributed by atoms with van der Waals surface area (Å²) in [6.45, 7) is 1.03. The summed E-state index contributed by atoms with van der Waals surface area (Å²) in [7, 11) is 0. The molecule has 12 heavy (non-hydrogen) atoms. The summed E-state index contributed by atoms with van der Waals surface area (Å²) in [6.07, 6.45) is 8.25. The van der Waals surface area contributed by atoms with E-state index in [1.807, 2.05) is 0 Å². The van der Waals surface area contributed by atoms with Gasteiger partial charge in [0.15, 0.2) is 0 Å². The van der Waals surface area contributed by atoms with Crippen LogP contribution in [0, 0.1) is 0 Å². The number of hydrogen-bond donors (Lipinski definition) is 0. The maximum absolute atomic E-state index is 11.6. The van der Waals surface area contributed by atoms with E-state index in [1.54, 1.807) is 0 Å². The lowest BCUT2D eigenvalue weighted by Gasteiger charge is -2.26. The van der Waals surface area contributed by atoms with Crippen molar-refractivity contribution in [1.29, 1.82) is 0 Å². The molecule has 0 aromatic carbocycles. The Labute approximate surface area is 73.9 Å². The molecular formula is C10H17NO. The Hall–Kier alpha value is -0.530. The monoisotopic (exact) mass is 167 g/mol. The van der Waals surface area contributed by atoms with E-state index in [2.05, 4.69) is 4.90 Å². The predicted molar refractivity (Wildman–Crippen MR) is 47.8 cm³/mol. The fourth-order valence-corrected chi connectivity index (χ4v) is 2.44. The van der Waals surface area contributed by atoms with E-state index in [4.69, 9.17) is 0 Å². The quantitative estimate of drug-likeness (QED) is 0.540. The molecule has 2 saturated heterocycles. The van der Waals surface area contributed by atoms with Gasteiger partial charge in [-0.3, -0.25) is 4.79 Å². The van der Waals surface area contributed by atoms with Crippen LogP contribution in [0.3, 0.4) is 0 Å². The average molecular weight is 167 g/mol. The lowest BCUT2D eigenvalue weighted by atomic mass is 10.0. The molecule has 0 aromatic heterocycles. The summed E-state index contributed by atoms with van der Waals surface area (Å²) < 4.78 is 0. The fraction of sp³-hybridized carbons (Fsp3) is 0.900. The first-order valence-electron chi connectivity index (χ1n) is 5.17. The van der Waals surface area contributed by atoms with Crippen LogP contribution in [0.4, 0.5) is 0 Å². The topological polar surface area (TPSA) is 20.3 Å². The second-order valence-corrected chi connectivity index (χ2v) is 3.98. The first-order chi connectivity index (χ1) is 5.88. The summed E-state index contributed by atoms with van der Waals surface area (Å²) in [6, 6.07) is 0.609. The average Bonchev–Trinajstić information content (AvgIpc) is 2.47. The number of carbonyl (C=O) groups excluding carboxylic acids is 1. The summed E-state index contributed by atoms with van der Waals surface area (Å²) in [5.74, 6) is 0.414. The van der Waals surface area contributed by atoms with Gasteiger partial charge < -0.3 is 4.90 Å². The van der Waals surface area contributed by atoms with Crippen LogP contribution in [-0.4, -0.2) is 23.4 Å². The highest BCUT2D eigenvalue weighted by molar-refractivity contribution is 5.76. The molecule has 2 heteroatoms. The normalized spacial score (nSPS) is 31.2. The van der Waals surface area contributed by atoms with Crippen molar-refractivity contribution in [2.24, 2.45) is 0 Å². The Morgan fingerprint density at radius 2 is 1.92 bits per heavy atom. The van der Waals surface area contributed by atoms with E-state index in [1.165, 1.54) is 32.1 Å². The molecule has 1 amide bonds. The summed E-state index contributed by atoms with van der Waals surface area (Å²) in [5.41, 5.74) is 0. The van der Waals surface area contributed by atoms with Crippen molar-refractivity contribution in [3.8, 4) is 0 Å². The van der Waals surface area contributed by atoms with Gasteiger partial charge in [-0.1, -0.05) is 12.8 Å². The second-order valence-electron chi connectivity index (χ2n) is 3.98. The van der Waals surface area contributed by atoms with Crippen molar-refractivity contribution >= 4 is 5.91 Å². The number of rotatable bonds is 0. The van der Waals surface area contributed by atoms with E-state index in [0.717, 1.165) is 19.4 Å². The minimum atomic E-state index is 0.414. The molecule has 2 fully saturated rings. The SMILES string of the molecule is O=C1CCCCC[C@H]2CCCN12. The molecule has 0 unspecified atom stereocenters. The smallest absolute Gasteiger partial charge is 0.222 e. The minimum absolute atomic E-state index is 0.414. The van der Waals surface area contributed by atoms with Crippen LogP contribution in [0.2, 0.25) is 0 Å². The third-order valence-electron chi connectivity index (χ3n) is 3.13. The molecule has 1 atom stereocenters. The third-order valence-corrected chi connectivity index (χ3v) is 3.13. The number of carbonyl (C=O) groups is 1. The van der Waals surface area contributed by atoms with Crippen molar-refractivity contribution in [1.82, 2.24) is 4.90 Å². The van der Waals surface area contributed by atoms with Gasteiger partial charge in [0, 0.05) is 19.0 Å². The van der Waals surface area contributed by atoms with Crippen LogP contribution in [0.1, 0.15) is 44.9 Å². The molecule has 0 bridgehead atoms. The first-order valence-corrected chi connectivity index (χ1v) is 5.17. The number of nitrogens with zero attached hydrogens (tertiary/aromatic N) is 1. The summed E-state index contributed by atoms with van der Waals surface area (Å²) in [5, 5.41) is 0. The Morgan fingerprint density at radius 3 is 2.83 bits per heavy atom. The first kappa shape index (κ1) is 8.09. The number of amides is 1. The summed E-state index contributed by atoms with van der Waals surface area (Å²) in [4.78, 5) is 13.7. The van der Waals surface area contributed by atoms with E-state index in [9.17, 15) is 4.79 Å². The molecule has 0 aliphatic carbocycles. The van der Waals surface area contributed by atoms with Crippen molar-refractivity contribution in [3.63, 3.8) is 0 Å². The Bertz CT molecular complexity index is 179. The molecule has 68 valence electrons. The zero-order chi connectivity index (χ0) is 8.39. The second kappa shape index (κ2) is 3.46. The van der Waals surface area contributed by atoms with Crippen LogP contribution in [-0.2, 0) is 4.79 Å². The van der Waals surface area contributed by atoms with Gasteiger partial charge in [0.1, 0.15) is 0 Å². The van der Waals surface area contributed by atoms with Gasteiger partial charge in [-0.25, -0.2) is 0 Å². The lowest BCUT2D eigenvalue weighted by molar-refractivity contribution is -0.132. The molecule has 0 saturated carbocycles. The van der Waals surface area contributed by atoms with Crippen molar-refractivity contribution in [2.45, 2.75) is 51.0 Å². The van der Waals surface area contributed by atoms with Crippen LogP contribution >= 0.6 is 0 Å². The highest BCUT2D eigenvalue weighted by atomic mass is 16.2. The molecule has 2 nitrogen and oxygen atoms in total. The molecule has 0 N–H and O–H groups in total. The molecule has 0 radical (unpaired) electrons. The predicted octanol–water partition coefficient (Wildman–Crippen LogP) is 1.94. The fourth-order valence-electron chi connectivity index (χ4n) is 2.44. The van der Waals surface area contributed by atoms with E-state index in [0.29, 0.717) is 11.9 Å². The van der Waals surface area contributed by atoms with Gasteiger partial charge in [-0.2, -0.15) is 0 Å². The zero-order valence-electron chi connectivity index (χ0n) is 7.59. The Morgan fingerprint density at radius 1 is 1.08 bits per heavy atom. The van der Waals surface area contributed by atoms with Crippen molar-refractivity contribution in [2.75, 3.05) is 6.54 Å². The van der Waals surface area contributed by atoms with E-state index < -0.39 is 0 Å². The Balaban J connectivity index is 2.03. The number of hydrogen-bond acceptors (Lipinski definition) is 1. The largest absolute Gasteiger partial charge is 0.340 e. The van der Waals surface area contributed by atoms with Gasteiger partial charge in [-0.05, 0) is 25.7 Å². The zero-order valence-corrected chi connectivity index (χ0v) is 7.59. The lowest BCUT2D eigenvalue weighted by Crippen LogP contribution is -2.36. The van der Waals surface area contributed by atoms with Crippen LogP contribution in [0.15, 0.2) is 0 Å². The van der Waals surface area contributed by atoms with Crippen LogP contribution in [0.5, 0.6) is 0 Å². The van der Waals surface area contributed by atoms with E-state index in [-0.39, 0.29) is 0 Å². The molecule has 0 spiro atoms. The Kier molecular flexibility index (Phi) is 2.33. The molecule has 2 heterocycles. The van der Waals surface area contributed by atoms with Gasteiger partial charge in [0.25, 0.3) is 0 Å². The van der Waals surface area contributed by atoms with E-state index >= 15 is 0 Å². The molecule has 2 aliphatic heterocycles. The van der Waals surface area contributed by atoms with Crippen LogP contribution in [0.25, 0.3) is 0 Å². The summed E-state index contributed by atoms with van der Waals surface area (Å²) >= 11 is 0. The van der Waals surface area contributed by atoms with Crippen molar-refractivity contribution in [3.05, 3.63) is 0 Å². The number of fused-ring (bicyclic) bond motifs is 1. The van der Waals surface area contributed by atoms with Crippen molar-refractivity contribution < 1.29 is 4.79 Å². The molecular weight excluding hydrogens is 150 g/mol. The van der Waals surface area contributed by atoms with Gasteiger partial charge in [0.05, 0.1) is 0 Å². The third kappa shape index (κ3) is 1.47. The molecule has 0 aromatic rings. The van der Waals surface area contributed by atoms with Gasteiger partial charge >= 0.3 is 0 Å². The molecule has 2 aliphatic rings. The van der Waals surface area contributed by atoms with Crippen LogP contribution < -0.4 is 0 Å².